The van der Waals surface area contributed by atoms with E-state index in [0.29, 0.717) is 5.75 Å². The van der Waals surface area contributed by atoms with E-state index in [2.05, 4.69) is 26.8 Å². The fourth-order valence-electron chi connectivity index (χ4n) is 1.37. The van der Waals surface area contributed by atoms with Crippen molar-refractivity contribution in [2.24, 2.45) is 0 Å². The molecule has 2 N–H and O–H groups in total. The van der Waals surface area contributed by atoms with Gasteiger partial charge < -0.3 is 14.7 Å². The van der Waals surface area contributed by atoms with Crippen LogP contribution in [-0.2, 0) is 5.41 Å². The zero-order valence-corrected chi connectivity index (χ0v) is 9.61. The van der Waals surface area contributed by atoms with Gasteiger partial charge in [-0.25, -0.2) is 0 Å². The zero-order chi connectivity index (χ0) is 11.6. The lowest BCUT2D eigenvalue weighted by Gasteiger charge is -2.20. The molecule has 0 unspecified atom stereocenters. The van der Waals surface area contributed by atoms with Crippen LogP contribution in [0.2, 0.25) is 0 Å². The summed E-state index contributed by atoms with van der Waals surface area (Å²) in [4.78, 5) is 0. The molecule has 82 valence electrons. The molecule has 0 atom stereocenters. The van der Waals surface area contributed by atoms with Gasteiger partial charge in [0, 0.05) is 0 Å². The number of aryl methyl sites for hydroxylation is 1. The van der Waals surface area contributed by atoms with Gasteiger partial charge in [-0.2, -0.15) is 0 Å². The number of hydrogen-bond acceptors (Lipinski definition) is 3. The maximum Gasteiger partial charge on any atom is 0.707 e. The van der Waals surface area contributed by atoms with Crippen LogP contribution in [0.4, 0.5) is 0 Å². The highest BCUT2D eigenvalue weighted by Gasteiger charge is 2.17. The van der Waals surface area contributed by atoms with E-state index in [-0.39, 0.29) is 5.41 Å². The van der Waals surface area contributed by atoms with Gasteiger partial charge in [-0.05, 0) is 35.6 Å². The first kappa shape index (κ1) is 12.1. The molecule has 0 bridgehead atoms. The van der Waals surface area contributed by atoms with E-state index in [0.717, 1.165) is 11.1 Å². The normalized spacial score (nSPS) is 11.3. The van der Waals surface area contributed by atoms with Crippen LogP contribution >= 0.6 is 0 Å². The van der Waals surface area contributed by atoms with E-state index in [4.69, 9.17) is 14.7 Å². The van der Waals surface area contributed by atoms with E-state index in [1.165, 1.54) is 0 Å². The van der Waals surface area contributed by atoms with Crippen molar-refractivity contribution in [2.45, 2.75) is 33.1 Å². The van der Waals surface area contributed by atoms with Gasteiger partial charge in [-0.15, -0.1) is 0 Å². The maximum absolute atomic E-state index is 8.72. The van der Waals surface area contributed by atoms with Crippen molar-refractivity contribution in [2.75, 3.05) is 0 Å². The molecule has 0 fully saturated rings. The van der Waals surface area contributed by atoms with Gasteiger partial charge in [0.25, 0.3) is 0 Å². The molecule has 3 nitrogen and oxygen atoms in total. The lowest BCUT2D eigenvalue weighted by Crippen LogP contribution is -2.21. The van der Waals surface area contributed by atoms with E-state index in [1.807, 2.05) is 13.0 Å². The van der Waals surface area contributed by atoms with Crippen molar-refractivity contribution in [3.8, 4) is 5.75 Å². The topological polar surface area (TPSA) is 49.7 Å². The summed E-state index contributed by atoms with van der Waals surface area (Å²) >= 11 is 0. The third kappa shape index (κ3) is 3.57. The molecule has 0 aromatic heterocycles. The van der Waals surface area contributed by atoms with Crippen molar-refractivity contribution in [1.82, 2.24) is 0 Å². The van der Waals surface area contributed by atoms with Gasteiger partial charge >= 0.3 is 7.32 Å². The monoisotopic (exact) mass is 208 g/mol. The zero-order valence-electron chi connectivity index (χ0n) is 9.61. The van der Waals surface area contributed by atoms with Crippen molar-refractivity contribution in [3.05, 3.63) is 29.3 Å². The van der Waals surface area contributed by atoms with Crippen LogP contribution in [-0.4, -0.2) is 17.4 Å². The number of benzene rings is 1. The molecule has 4 heteroatoms. The van der Waals surface area contributed by atoms with E-state index < -0.39 is 7.32 Å². The van der Waals surface area contributed by atoms with Crippen molar-refractivity contribution in [3.63, 3.8) is 0 Å². The summed E-state index contributed by atoms with van der Waals surface area (Å²) in [5.41, 5.74) is 2.17. The third-order valence-electron chi connectivity index (χ3n) is 2.16. The second-order valence-corrected chi connectivity index (χ2v) is 4.73. The highest BCUT2D eigenvalue weighted by molar-refractivity contribution is 6.33. The van der Waals surface area contributed by atoms with Gasteiger partial charge in [0.2, 0.25) is 0 Å². The molecule has 0 saturated heterocycles. The highest BCUT2D eigenvalue weighted by Crippen LogP contribution is 2.27. The first-order valence-corrected chi connectivity index (χ1v) is 4.94. The Labute approximate surface area is 90.9 Å². The molecule has 0 aliphatic rings. The van der Waals surface area contributed by atoms with Crippen LogP contribution in [0.3, 0.4) is 0 Å². The minimum Gasteiger partial charge on any atom is -0.512 e. The van der Waals surface area contributed by atoms with E-state index in [9.17, 15) is 0 Å². The summed E-state index contributed by atoms with van der Waals surface area (Å²) in [5, 5.41) is 17.4. The fourth-order valence-corrected chi connectivity index (χ4v) is 1.37. The lowest BCUT2D eigenvalue weighted by molar-refractivity contribution is 0.288. The maximum atomic E-state index is 8.72. The van der Waals surface area contributed by atoms with Crippen LogP contribution in [0.15, 0.2) is 18.2 Å². The Morgan fingerprint density at radius 1 is 1.13 bits per heavy atom. The quantitative estimate of drug-likeness (QED) is 0.726. The Balaban J connectivity index is 3.06. The minimum atomic E-state index is -1.76. The average molecular weight is 208 g/mol. The van der Waals surface area contributed by atoms with Gasteiger partial charge in [-0.1, -0.05) is 26.8 Å². The standard InChI is InChI=1S/C11H17BO3/c1-8-5-9(11(2,3)4)7-10(6-8)15-12(13)14/h5-7,13-14H,1-4H3. The van der Waals surface area contributed by atoms with Crippen LogP contribution in [0.1, 0.15) is 31.9 Å². The Morgan fingerprint density at radius 2 is 1.73 bits per heavy atom. The van der Waals surface area contributed by atoms with Gasteiger partial charge in [0.15, 0.2) is 0 Å². The molecule has 1 rings (SSSR count). The Morgan fingerprint density at radius 3 is 2.20 bits per heavy atom. The van der Waals surface area contributed by atoms with E-state index >= 15 is 0 Å². The van der Waals surface area contributed by atoms with Crippen LogP contribution in [0.5, 0.6) is 5.75 Å². The second kappa shape index (κ2) is 4.25. The molecule has 0 spiro atoms. The van der Waals surface area contributed by atoms with Gasteiger partial charge in [-0.3, -0.25) is 0 Å². The summed E-state index contributed by atoms with van der Waals surface area (Å²) in [7, 11) is -1.76. The Bertz CT molecular complexity index is 342. The fraction of sp³-hybridized carbons (Fsp3) is 0.455. The highest BCUT2D eigenvalue weighted by atomic mass is 16.6. The molecule has 1 aromatic rings. The lowest BCUT2D eigenvalue weighted by atomic mass is 9.86. The average Bonchev–Trinajstić information content (AvgIpc) is 1.99. The molecule has 0 saturated carbocycles. The molecule has 0 amide bonds. The van der Waals surface area contributed by atoms with Gasteiger partial charge in [0.1, 0.15) is 5.75 Å². The molecule has 0 heterocycles. The van der Waals surface area contributed by atoms with Crippen molar-refractivity contribution < 1.29 is 14.7 Å². The molecule has 0 aliphatic carbocycles. The summed E-state index contributed by atoms with van der Waals surface area (Å²) in [5.74, 6) is 0.481. The predicted octanol–water partition coefficient (Wildman–Crippen LogP) is 1.64. The molecule has 0 radical (unpaired) electrons. The smallest absolute Gasteiger partial charge is 0.512 e. The minimum absolute atomic E-state index is 0.0184. The third-order valence-corrected chi connectivity index (χ3v) is 2.16. The summed E-state index contributed by atoms with van der Waals surface area (Å²) in [6.45, 7) is 8.24. The summed E-state index contributed by atoms with van der Waals surface area (Å²) in [6, 6.07) is 5.66. The Kier molecular flexibility index (Phi) is 3.42. The first-order chi connectivity index (χ1) is 6.79. The summed E-state index contributed by atoms with van der Waals surface area (Å²) < 4.78 is 4.84. The van der Waals surface area contributed by atoms with Crippen molar-refractivity contribution >= 4 is 7.32 Å². The first-order valence-electron chi connectivity index (χ1n) is 4.94. The van der Waals surface area contributed by atoms with Crippen LogP contribution in [0.25, 0.3) is 0 Å². The predicted molar refractivity (Wildman–Crippen MR) is 60.7 cm³/mol. The molecule has 15 heavy (non-hydrogen) atoms. The number of hydrogen-bond donors (Lipinski definition) is 2. The Hall–Kier alpha value is -0.995. The molecular weight excluding hydrogens is 191 g/mol. The summed E-state index contributed by atoms with van der Waals surface area (Å²) in [6.07, 6.45) is 0. The number of rotatable bonds is 2. The molecular formula is C11H17BO3. The second-order valence-electron chi connectivity index (χ2n) is 4.73. The van der Waals surface area contributed by atoms with Crippen LogP contribution < -0.4 is 4.65 Å². The largest absolute Gasteiger partial charge is 0.707 e. The van der Waals surface area contributed by atoms with Crippen LogP contribution in [0, 0.1) is 6.92 Å². The SMILES string of the molecule is Cc1cc(OB(O)O)cc(C(C)(C)C)c1. The molecule has 1 aromatic carbocycles. The molecule has 0 aliphatic heterocycles. The van der Waals surface area contributed by atoms with E-state index in [1.54, 1.807) is 6.07 Å². The van der Waals surface area contributed by atoms with Crippen molar-refractivity contribution in [1.29, 1.82) is 0 Å². The van der Waals surface area contributed by atoms with Gasteiger partial charge in [0.05, 0.1) is 0 Å².